The number of halogens is 1. The van der Waals surface area contributed by atoms with Crippen LogP contribution in [0.15, 0.2) is 40.9 Å². The number of carbonyl (C=O) groups is 1. The van der Waals surface area contributed by atoms with Crippen LogP contribution in [-0.2, 0) is 11.2 Å². The molecule has 0 fully saturated rings. The van der Waals surface area contributed by atoms with Gasteiger partial charge in [-0.15, -0.1) is 0 Å². The molecule has 0 unspecified atom stereocenters. The number of aliphatic carboxylic acids is 1. The van der Waals surface area contributed by atoms with Crippen molar-refractivity contribution in [2.24, 2.45) is 0 Å². The van der Waals surface area contributed by atoms with Gasteiger partial charge in [0.1, 0.15) is 0 Å². The van der Waals surface area contributed by atoms with Gasteiger partial charge in [0.15, 0.2) is 11.5 Å². The number of carboxylic acid groups (broad SMARTS) is 1. The molecular weight excluding hydrogens is 398 g/mol. The third kappa shape index (κ3) is 3.70. The summed E-state index contributed by atoms with van der Waals surface area (Å²) >= 11 is 3.46. The van der Waals surface area contributed by atoms with Gasteiger partial charge in [-0.1, -0.05) is 15.9 Å². The number of ether oxygens (including phenoxy) is 2. The molecule has 0 saturated heterocycles. The van der Waals surface area contributed by atoms with Gasteiger partial charge in [-0.05, 0) is 55.8 Å². The van der Waals surface area contributed by atoms with E-state index in [2.05, 4.69) is 20.9 Å². The molecule has 0 aliphatic rings. The van der Waals surface area contributed by atoms with E-state index >= 15 is 0 Å². The van der Waals surface area contributed by atoms with Gasteiger partial charge in [-0.2, -0.15) is 0 Å². The Balaban J connectivity index is 2.17. The van der Waals surface area contributed by atoms with Crippen LogP contribution in [0.25, 0.3) is 22.2 Å². The van der Waals surface area contributed by atoms with Gasteiger partial charge >= 0.3 is 5.97 Å². The number of H-pyrrole nitrogens is 1. The Labute approximate surface area is 160 Å². The van der Waals surface area contributed by atoms with Crippen molar-refractivity contribution in [2.45, 2.75) is 20.3 Å². The fourth-order valence-corrected chi connectivity index (χ4v) is 3.37. The Morgan fingerprint density at radius 3 is 2.50 bits per heavy atom. The molecule has 26 heavy (non-hydrogen) atoms. The highest BCUT2D eigenvalue weighted by Gasteiger charge is 2.18. The van der Waals surface area contributed by atoms with Crippen LogP contribution in [0.2, 0.25) is 0 Å². The SMILES string of the molecule is CCOc1ccc(-c2[nH]c3ccc(Br)cc3c2CC(=O)O)cc1OCC. The number of fused-ring (bicyclic) bond motifs is 1. The summed E-state index contributed by atoms with van der Waals surface area (Å²) in [6.45, 7) is 4.90. The third-order valence-electron chi connectivity index (χ3n) is 4.03. The molecule has 1 heterocycles. The van der Waals surface area contributed by atoms with Crippen molar-refractivity contribution < 1.29 is 19.4 Å². The third-order valence-corrected chi connectivity index (χ3v) is 4.52. The highest BCUT2D eigenvalue weighted by molar-refractivity contribution is 9.10. The van der Waals surface area contributed by atoms with Gasteiger partial charge < -0.3 is 19.6 Å². The minimum absolute atomic E-state index is 0.0665. The highest BCUT2D eigenvalue weighted by atomic mass is 79.9. The quantitative estimate of drug-likeness (QED) is 0.565. The molecule has 0 spiro atoms. The number of aromatic amines is 1. The van der Waals surface area contributed by atoms with Gasteiger partial charge in [0.2, 0.25) is 0 Å². The average Bonchev–Trinajstić information content (AvgIpc) is 2.94. The van der Waals surface area contributed by atoms with Crippen molar-refractivity contribution in [3.05, 3.63) is 46.4 Å². The maximum Gasteiger partial charge on any atom is 0.307 e. The van der Waals surface area contributed by atoms with E-state index in [9.17, 15) is 9.90 Å². The molecule has 0 saturated carbocycles. The molecule has 0 aliphatic carbocycles. The van der Waals surface area contributed by atoms with Gasteiger partial charge in [0.05, 0.1) is 25.3 Å². The van der Waals surface area contributed by atoms with Crippen molar-refractivity contribution in [3.63, 3.8) is 0 Å². The highest BCUT2D eigenvalue weighted by Crippen LogP contribution is 2.37. The summed E-state index contributed by atoms with van der Waals surface area (Å²) in [5.41, 5.74) is 3.29. The molecule has 0 atom stereocenters. The second-order valence-corrected chi connectivity index (χ2v) is 6.68. The number of rotatable bonds is 7. The van der Waals surface area contributed by atoms with Crippen LogP contribution >= 0.6 is 15.9 Å². The molecule has 0 amide bonds. The molecule has 2 aromatic carbocycles. The Morgan fingerprint density at radius 1 is 1.08 bits per heavy atom. The van der Waals surface area contributed by atoms with Crippen LogP contribution in [0.1, 0.15) is 19.4 Å². The van der Waals surface area contributed by atoms with E-state index in [4.69, 9.17) is 9.47 Å². The van der Waals surface area contributed by atoms with Crippen LogP contribution in [-0.4, -0.2) is 29.3 Å². The summed E-state index contributed by atoms with van der Waals surface area (Å²) in [6.07, 6.45) is -0.0665. The van der Waals surface area contributed by atoms with Gasteiger partial charge in [-0.3, -0.25) is 4.79 Å². The van der Waals surface area contributed by atoms with E-state index in [1.807, 2.05) is 50.2 Å². The Bertz CT molecular complexity index is 948. The lowest BCUT2D eigenvalue weighted by Crippen LogP contribution is -2.02. The van der Waals surface area contributed by atoms with Crippen molar-refractivity contribution in [1.82, 2.24) is 4.98 Å². The monoisotopic (exact) mass is 417 g/mol. The number of aromatic nitrogens is 1. The van der Waals surface area contributed by atoms with E-state index in [-0.39, 0.29) is 6.42 Å². The second kappa shape index (κ2) is 7.83. The molecular formula is C20H20BrNO4. The van der Waals surface area contributed by atoms with Gasteiger partial charge in [0.25, 0.3) is 0 Å². The minimum Gasteiger partial charge on any atom is -0.490 e. The lowest BCUT2D eigenvalue weighted by atomic mass is 10.0. The molecule has 1 aromatic heterocycles. The number of hydrogen-bond acceptors (Lipinski definition) is 3. The first-order valence-electron chi connectivity index (χ1n) is 8.45. The molecule has 0 radical (unpaired) electrons. The number of benzene rings is 2. The molecule has 6 heteroatoms. The van der Waals surface area contributed by atoms with Crippen LogP contribution in [0.3, 0.4) is 0 Å². The van der Waals surface area contributed by atoms with Crippen molar-refractivity contribution >= 4 is 32.8 Å². The summed E-state index contributed by atoms with van der Waals surface area (Å²) in [5, 5.41) is 10.3. The molecule has 0 bridgehead atoms. The number of hydrogen-bond donors (Lipinski definition) is 2. The summed E-state index contributed by atoms with van der Waals surface area (Å²) in [7, 11) is 0. The normalized spacial score (nSPS) is 10.9. The van der Waals surface area contributed by atoms with Crippen LogP contribution in [0, 0.1) is 0 Å². The topological polar surface area (TPSA) is 71.6 Å². The Kier molecular flexibility index (Phi) is 5.52. The van der Waals surface area contributed by atoms with Crippen molar-refractivity contribution in [2.75, 3.05) is 13.2 Å². The maximum atomic E-state index is 11.4. The van der Waals surface area contributed by atoms with Crippen molar-refractivity contribution in [1.29, 1.82) is 0 Å². The van der Waals surface area contributed by atoms with E-state index in [0.717, 1.165) is 32.2 Å². The molecule has 5 nitrogen and oxygen atoms in total. The molecule has 0 aliphatic heterocycles. The first kappa shape index (κ1) is 18.3. The van der Waals surface area contributed by atoms with E-state index in [0.29, 0.717) is 24.7 Å². The first-order valence-corrected chi connectivity index (χ1v) is 9.24. The molecule has 136 valence electrons. The largest absolute Gasteiger partial charge is 0.490 e. The average molecular weight is 418 g/mol. The van der Waals surface area contributed by atoms with Crippen LogP contribution in [0.4, 0.5) is 0 Å². The number of carboxylic acids is 1. The summed E-state index contributed by atoms with van der Waals surface area (Å²) < 4.78 is 12.2. The zero-order valence-electron chi connectivity index (χ0n) is 14.6. The van der Waals surface area contributed by atoms with Crippen LogP contribution < -0.4 is 9.47 Å². The van der Waals surface area contributed by atoms with E-state index < -0.39 is 5.97 Å². The van der Waals surface area contributed by atoms with Crippen LogP contribution in [0.5, 0.6) is 11.5 Å². The fourth-order valence-electron chi connectivity index (χ4n) is 3.01. The second-order valence-electron chi connectivity index (χ2n) is 5.77. The standard InChI is InChI=1S/C20H20BrNO4/c1-3-25-17-8-5-12(9-18(17)26-4-2)20-15(11-19(23)24)14-10-13(21)6-7-16(14)22-20/h5-10,22H,3-4,11H2,1-2H3,(H,23,24). The summed E-state index contributed by atoms with van der Waals surface area (Å²) in [6, 6.07) is 11.5. The molecule has 2 N–H and O–H groups in total. The van der Waals surface area contributed by atoms with Crippen molar-refractivity contribution in [3.8, 4) is 22.8 Å². The molecule has 3 rings (SSSR count). The zero-order valence-corrected chi connectivity index (χ0v) is 16.2. The first-order chi connectivity index (χ1) is 12.5. The Morgan fingerprint density at radius 2 is 1.81 bits per heavy atom. The minimum atomic E-state index is -0.872. The van der Waals surface area contributed by atoms with E-state index in [1.165, 1.54) is 0 Å². The summed E-state index contributed by atoms with van der Waals surface area (Å²) in [5.74, 6) is 0.452. The molecule has 3 aromatic rings. The number of nitrogens with one attached hydrogen (secondary N) is 1. The van der Waals surface area contributed by atoms with Gasteiger partial charge in [-0.25, -0.2) is 0 Å². The predicted molar refractivity (Wildman–Crippen MR) is 105 cm³/mol. The lowest BCUT2D eigenvalue weighted by molar-refractivity contribution is -0.136. The zero-order chi connectivity index (χ0) is 18.7. The lowest BCUT2D eigenvalue weighted by Gasteiger charge is -2.12. The van der Waals surface area contributed by atoms with E-state index in [1.54, 1.807) is 0 Å². The predicted octanol–water partition coefficient (Wildman–Crippen LogP) is 5.02. The fraction of sp³-hybridized carbons (Fsp3) is 0.250. The van der Waals surface area contributed by atoms with Gasteiger partial charge in [0, 0.05) is 20.9 Å². The maximum absolute atomic E-state index is 11.4. The Hall–Kier alpha value is -2.47. The smallest absolute Gasteiger partial charge is 0.307 e. The summed E-state index contributed by atoms with van der Waals surface area (Å²) in [4.78, 5) is 14.8.